The van der Waals surface area contributed by atoms with Crippen LogP contribution in [0.25, 0.3) is 0 Å². The molecule has 1 unspecified atom stereocenters. The van der Waals surface area contributed by atoms with Crippen molar-refractivity contribution in [2.24, 2.45) is 16.8 Å². The van der Waals surface area contributed by atoms with Gasteiger partial charge in [0.05, 0.1) is 10.4 Å². The number of carbonyl (C=O) groups is 2. The number of piperidine rings is 1. The van der Waals surface area contributed by atoms with Crippen LogP contribution in [0.2, 0.25) is 0 Å². The zero-order valence-electron chi connectivity index (χ0n) is 15.8. The lowest BCUT2D eigenvalue weighted by atomic mass is 9.91. The number of hydrogen-bond donors (Lipinski definition) is 3. The van der Waals surface area contributed by atoms with E-state index in [1.165, 1.54) is 24.3 Å². The summed E-state index contributed by atoms with van der Waals surface area (Å²) < 4.78 is 22.5. The number of carbonyl (C=O) groups excluding carboxylic acids is 2. The molecule has 0 spiro atoms. The van der Waals surface area contributed by atoms with Crippen LogP contribution < -0.4 is 16.2 Å². The highest BCUT2D eigenvalue weighted by Crippen LogP contribution is 2.23. The van der Waals surface area contributed by atoms with E-state index in [0.29, 0.717) is 38.0 Å². The molecule has 1 saturated heterocycles. The highest BCUT2D eigenvalue weighted by Gasteiger charge is 2.35. The Hall–Kier alpha value is -1.97. The zero-order valence-corrected chi connectivity index (χ0v) is 16.6. The molecule has 9 heteroatoms. The summed E-state index contributed by atoms with van der Waals surface area (Å²) >= 11 is 0. The number of nitrogens with zero attached hydrogens (tertiary/aromatic N) is 1. The molecule has 27 heavy (non-hydrogen) atoms. The van der Waals surface area contributed by atoms with E-state index < -0.39 is 15.6 Å². The van der Waals surface area contributed by atoms with Crippen molar-refractivity contribution in [2.75, 3.05) is 18.4 Å². The van der Waals surface area contributed by atoms with Crippen molar-refractivity contribution in [3.8, 4) is 0 Å². The fraction of sp³-hybridized carbons (Fsp3) is 0.556. The molecule has 150 valence electrons. The Morgan fingerprint density at radius 3 is 2.26 bits per heavy atom. The van der Waals surface area contributed by atoms with Crippen LogP contribution in [0.15, 0.2) is 29.2 Å². The summed E-state index contributed by atoms with van der Waals surface area (Å²) in [6.07, 6.45) is 2.59. The van der Waals surface area contributed by atoms with Gasteiger partial charge in [-0.1, -0.05) is 13.3 Å². The number of anilines is 1. The number of rotatable bonds is 6. The molecular weight excluding hydrogens is 368 g/mol. The molecule has 1 heterocycles. The molecule has 2 amide bonds. The van der Waals surface area contributed by atoms with Gasteiger partial charge in [-0.05, 0) is 50.5 Å². The maximum Gasteiger partial charge on any atom is 0.242 e. The van der Waals surface area contributed by atoms with E-state index in [1.54, 1.807) is 11.8 Å². The Balaban J connectivity index is 1.90. The molecule has 0 bridgehead atoms. The first kappa shape index (κ1) is 21.3. The smallest absolute Gasteiger partial charge is 0.242 e. The van der Waals surface area contributed by atoms with Gasteiger partial charge in [-0.3, -0.25) is 9.59 Å². The maximum atomic E-state index is 12.5. The van der Waals surface area contributed by atoms with Crippen molar-refractivity contribution in [2.45, 2.75) is 50.0 Å². The molecule has 8 nitrogen and oxygen atoms in total. The topological polar surface area (TPSA) is 136 Å². The van der Waals surface area contributed by atoms with E-state index in [-0.39, 0.29) is 22.6 Å². The lowest BCUT2D eigenvalue weighted by Crippen LogP contribution is -2.55. The fourth-order valence-electron chi connectivity index (χ4n) is 3.30. The molecule has 1 aromatic carbocycles. The minimum Gasteiger partial charge on any atom is -0.341 e. The van der Waals surface area contributed by atoms with Crippen LogP contribution in [-0.2, 0) is 19.6 Å². The SMILES string of the molecule is CCCC(C)(N)C(=O)N1CCC(C(=O)Nc2ccc(S(N)(=O)=O)cc2)CC1. The Kier molecular flexibility index (Phi) is 6.61. The second kappa shape index (κ2) is 8.37. The number of nitrogens with one attached hydrogen (secondary N) is 1. The summed E-state index contributed by atoms with van der Waals surface area (Å²) in [6.45, 7) is 4.74. The average Bonchev–Trinajstić information content (AvgIpc) is 2.61. The minimum absolute atomic E-state index is 0.00997. The number of hydrogen-bond acceptors (Lipinski definition) is 5. The monoisotopic (exact) mass is 396 g/mol. The third-order valence-corrected chi connectivity index (χ3v) is 5.79. The van der Waals surface area contributed by atoms with Crippen LogP contribution in [0.3, 0.4) is 0 Å². The van der Waals surface area contributed by atoms with Crippen LogP contribution in [0, 0.1) is 5.92 Å². The summed E-state index contributed by atoms with van der Waals surface area (Å²) in [4.78, 5) is 26.7. The average molecular weight is 397 g/mol. The molecule has 1 aromatic rings. The number of sulfonamides is 1. The standard InChI is InChI=1S/C18H28N4O4S/c1-3-10-18(2,19)17(24)22-11-8-13(9-12-22)16(23)21-14-4-6-15(7-5-14)27(20,25)26/h4-7,13H,3,8-12,19H2,1-2H3,(H,21,23)(H2,20,25,26). The molecule has 1 aliphatic rings. The summed E-state index contributed by atoms with van der Waals surface area (Å²) in [6, 6.07) is 5.70. The molecule has 0 radical (unpaired) electrons. The van der Waals surface area contributed by atoms with Crippen LogP contribution in [-0.4, -0.2) is 43.8 Å². The summed E-state index contributed by atoms with van der Waals surface area (Å²) in [7, 11) is -3.76. The molecular formula is C18H28N4O4S. The van der Waals surface area contributed by atoms with Gasteiger partial charge in [0.2, 0.25) is 21.8 Å². The van der Waals surface area contributed by atoms with Gasteiger partial charge in [0, 0.05) is 24.7 Å². The van der Waals surface area contributed by atoms with Crippen LogP contribution in [0.1, 0.15) is 39.5 Å². The van der Waals surface area contributed by atoms with Crippen molar-refractivity contribution >= 4 is 27.5 Å². The predicted octanol–water partition coefficient (Wildman–Crippen LogP) is 1.03. The molecule has 5 N–H and O–H groups in total. The van der Waals surface area contributed by atoms with E-state index in [2.05, 4.69) is 5.32 Å². The lowest BCUT2D eigenvalue weighted by Gasteiger charge is -2.36. The number of primary sulfonamides is 1. The number of benzene rings is 1. The van der Waals surface area contributed by atoms with E-state index >= 15 is 0 Å². The van der Waals surface area contributed by atoms with E-state index in [0.717, 1.165) is 6.42 Å². The molecule has 0 aromatic heterocycles. The number of amides is 2. The zero-order chi connectivity index (χ0) is 20.2. The predicted molar refractivity (Wildman–Crippen MR) is 103 cm³/mol. The summed E-state index contributed by atoms with van der Waals surface area (Å²) in [5, 5.41) is 7.84. The lowest BCUT2D eigenvalue weighted by molar-refractivity contribution is -0.139. The fourth-order valence-corrected chi connectivity index (χ4v) is 3.82. The van der Waals surface area contributed by atoms with Gasteiger partial charge >= 0.3 is 0 Å². The molecule has 1 aliphatic heterocycles. The molecule has 2 rings (SSSR count). The largest absolute Gasteiger partial charge is 0.341 e. The first-order valence-corrected chi connectivity index (χ1v) is 10.6. The van der Waals surface area contributed by atoms with Gasteiger partial charge < -0.3 is 16.0 Å². The molecule has 0 saturated carbocycles. The van der Waals surface area contributed by atoms with Gasteiger partial charge in [-0.2, -0.15) is 0 Å². The van der Waals surface area contributed by atoms with Gasteiger partial charge in [0.1, 0.15) is 0 Å². The van der Waals surface area contributed by atoms with Gasteiger partial charge in [0.15, 0.2) is 0 Å². The first-order chi connectivity index (χ1) is 12.5. The van der Waals surface area contributed by atoms with Gasteiger partial charge in [0.25, 0.3) is 0 Å². The third-order valence-electron chi connectivity index (χ3n) is 4.86. The second-order valence-corrected chi connectivity index (χ2v) is 8.85. The summed E-state index contributed by atoms with van der Waals surface area (Å²) in [5.41, 5.74) is 5.76. The quantitative estimate of drug-likeness (QED) is 0.660. The van der Waals surface area contributed by atoms with Crippen LogP contribution in [0.5, 0.6) is 0 Å². The number of nitrogens with two attached hydrogens (primary N) is 2. The molecule has 1 fully saturated rings. The molecule has 1 atom stereocenters. The van der Waals surface area contributed by atoms with Gasteiger partial charge in [-0.15, -0.1) is 0 Å². The Bertz CT molecular complexity index is 782. The van der Waals surface area contributed by atoms with E-state index in [9.17, 15) is 18.0 Å². The highest BCUT2D eigenvalue weighted by atomic mass is 32.2. The maximum absolute atomic E-state index is 12.5. The van der Waals surface area contributed by atoms with Crippen molar-refractivity contribution in [1.82, 2.24) is 4.90 Å². The first-order valence-electron chi connectivity index (χ1n) is 9.06. The van der Waals surface area contributed by atoms with Gasteiger partial charge in [-0.25, -0.2) is 13.6 Å². The Morgan fingerprint density at radius 2 is 1.78 bits per heavy atom. The summed E-state index contributed by atoms with van der Waals surface area (Å²) in [5.74, 6) is -0.418. The normalized spacial score (nSPS) is 18.0. The third kappa shape index (κ3) is 5.50. The van der Waals surface area contributed by atoms with Crippen molar-refractivity contribution in [3.05, 3.63) is 24.3 Å². The van der Waals surface area contributed by atoms with Crippen LogP contribution in [0.4, 0.5) is 5.69 Å². The van der Waals surface area contributed by atoms with E-state index in [1.807, 2.05) is 6.92 Å². The molecule has 0 aliphatic carbocycles. The number of likely N-dealkylation sites (tertiary alicyclic amines) is 1. The van der Waals surface area contributed by atoms with Crippen molar-refractivity contribution in [3.63, 3.8) is 0 Å². The Morgan fingerprint density at radius 1 is 1.22 bits per heavy atom. The van der Waals surface area contributed by atoms with Crippen molar-refractivity contribution in [1.29, 1.82) is 0 Å². The minimum atomic E-state index is -3.76. The highest BCUT2D eigenvalue weighted by molar-refractivity contribution is 7.89. The van der Waals surface area contributed by atoms with Crippen molar-refractivity contribution < 1.29 is 18.0 Å². The van der Waals surface area contributed by atoms with E-state index in [4.69, 9.17) is 10.9 Å². The Labute approximate surface area is 160 Å². The van der Waals surface area contributed by atoms with Crippen LogP contribution >= 0.6 is 0 Å². The second-order valence-electron chi connectivity index (χ2n) is 7.29.